The minimum atomic E-state index is 0.301. The first-order valence-electron chi connectivity index (χ1n) is 9.47. The number of para-hydroxylation sites is 2. The normalized spacial score (nSPS) is 14.8. The third-order valence-electron chi connectivity index (χ3n) is 5.50. The first kappa shape index (κ1) is 17.6. The van der Waals surface area contributed by atoms with Crippen LogP contribution >= 0.6 is 0 Å². The molecule has 3 aromatic carbocycles. The number of benzene rings is 3. The Kier molecular flexibility index (Phi) is 5.12. The largest absolute Gasteiger partial charge is 0.495 e. The number of ether oxygens (including phenoxy) is 1. The monoisotopic (exact) mass is 358 g/mol. The van der Waals surface area contributed by atoms with Gasteiger partial charge in [0, 0.05) is 20.1 Å². The van der Waals surface area contributed by atoms with Crippen molar-refractivity contribution in [3.8, 4) is 5.75 Å². The molecular formula is C24H26N2O. The fourth-order valence-corrected chi connectivity index (χ4v) is 3.95. The Morgan fingerprint density at radius 1 is 0.815 bits per heavy atom. The van der Waals surface area contributed by atoms with Crippen molar-refractivity contribution in [2.24, 2.45) is 0 Å². The minimum Gasteiger partial charge on any atom is -0.495 e. The molecule has 0 N–H and O–H groups in total. The summed E-state index contributed by atoms with van der Waals surface area (Å²) in [6.07, 6.45) is 0. The molecule has 1 fully saturated rings. The second kappa shape index (κ2) is 7.85. The van der Waals surface area contributed by atoms with Crippen molar-refractivity contribution in [3.05, 3.63) is 96.1 Å². The van der Waals surface area contributed by atoms with E-state index in [2.05, 4.69) is 89.6 Å². The molecule has 0 amide bonds. The van der Waals surface area contributed by atoms with Crippen LogP contribution in [0.1, 0.15) is 17.2 Å². The second-order valence-corrected chi connectivity index (χ2v) is 7.11. The van der Waals surface area contributed by atoms with Gasteiger partial charge in [-0.25, -0.2) is 0 Å². The van der Waals surface area contributed by atoms with Crippen molar-refractivity contribution in [2.75, 3.05) is 32.1 Å². The van der Waals surface area contributed by atoms with Crippen LogP contribution in [0.25, 0.3) is 0 Å². The molecule has 0 aromatic heterocycles. The van der Waals surface area contributed by atoms with Crippen LogP contribution in [0.5, 0.6) is 5.75 Å². The van der Waals surface area contributed by atoms with Gasteiger partial charge < -0.3 is 9.64 Å². The molecule has 0 unspecified atom stereocenters. The van der Waals surface area contributed by atoms with Crippen LogP contribution in [-0.2, 0) is 0 Å². The molecule has 1 heterocycles. The van der Waals surface area contributed by atoms with Crippen molar-refractivity contribution < 1.29 is 4.74 Å². The number of rotatable bonds is 6. The van der Waals surface area contributed by atoms with Crippen molar-refractivity contribution in [3.63, 3.8) is 0 Å². The summed E-state index contributed by atoms with van der Waals surface area (Å²) in [6.45, 7) is 2.06. The number of nitrogens with zero attached hydrogens (tertiary/aromatic N) is 2. The average molecular weight is 358 g/mol. The topological polar surface area (TPSA) is 15.7 Å². The Bertz CT molecular complexity index is 820. The molecule has 3 heteroatoms. The van der Waals surface area contributed by atoms with Crippen LogP contribution in [0.3, 0.4) is 0 Å². The van der Waals surface area contributed by atoms with Crippen LogP contribution in [-0.4, -0.2) is 38.2 Å². The Balaban J connectivity index is 1.54. The Hall–Kier alpha value is -2.78. The number of hydrogen-bond donors (Lipinski definition) is 0. The summed E-state index contributed by atoms with van der Waals surface area (Å²) in [5.41, 5.74) is 3.85. The van der Waals surface area contributed by atoms with Gasteiger partial charge in [0.05, 0.1) is 24.9 Å². The Morgan fingerprint density at radius 2 is 1.33 bits per heavy atom. The predicted molar refractivity (Wildman–Crippen MR) is 111 cm³/mol. The van der Waals surface area contributed by atoms with Crippen LogP contribution in [0.15, 0.2) is 84.9 Å². The first-order valence-corrected chi connectivity index (χ1v) is 9.47. The third-order valence-corrected chi connectivity index (χ3v) is 5.50. The van der Waals surface area contributed by atoms with Crippen LogP contribution in [0.4, 0.5) is 5.69 Å². The van der Waals surface area contributed by atoms with Gasteiger partial charge in [-0.05, 0) is 23.3 Å². The Labute approximate surface area is 161 Å². The SMILES string of the molecule is COc1ccccc1N(C)C1CN(C(c2ccccc2)c2ccccc2)C1. The Morgan fingerprint density at radius 3 is 1.89 bits per heavy atom. The van der Waals surface area contributed by atoms with E-state index in [1.807, 2.05) is 12.1 Å². The van der Waals surface area contributed by atoms with Gasteiger partial charge >= 0.3 is 0 Å². The summed E-state index contributed by atoms with van der Waals surface area (Å²) in [4.78, 5) is 4.91. The maximum Gasteiger partial charge on any atom is 0.142 e. The van der Waals surface area contributed by atoms with E-state index in [4.69, 9.17) is 4.74 Å². The highest BCUT2D eigenvalue weighted by Crippen LogP contribution is 2.36. The van der Waals surface area contributed by atoms with E-state index in [0.717, 1.165) is 24.5 Å². The molecule has 1 aliphatic rings. The average Bonchev–Trinajstić information content (AvgIpc) is 2.71. The standard InChI is InChI=1S/C24H26N2O/c1-25(22-15-9-10-16-23(22)27-2)21-17-26(18-21)24(19-11-5-3-6-12-19)20-13-7-4-8-14-20/h3-16,21,24H,17-18H2,1-2H3. The molecule has 27 heavy (non-hydrogen) atoms. The molecular weight excluding hydrogens is 332 g/mol. The molecule has 4 rings (SSSR count). The van der Waals surface area contributed by atoms with E-state index >= 15 is 0 Å². The van der Waals surface area contributed by atoms with Gasteiger partial charge in [0.2, 0.25) is 0 Å². The van der Waals surface area contributed by atoms with E-state index in [1.165, 1.54) is 11.1 Å². The second-order valence-electron chi connectivity index (χ2n) is 7.11. The van der Waals surface area contributed by atoms with Crippen molar-refractivity contribution >= 4 is 5.69 Å². The number of hydrogen-bond acceptors (Lipinski definition) is 3. The van der Waals surface area contributed by atoms with E-state index in [9.17, 15) is 0 Å². The number of likely N-dealkylation sites (tertiary alicyclic amines) is 1. The summed E-state index contributed by atoms with van der Waals surface area (Å²) in [5, 5.41) is 0. The molecule has 3 aromatic rings. The highest BCUT2D eigenvalue weighted by atomic mass is 16.5. The molecule has 1 saturated heterocycles. The zero-order valence-corrected chi connectivity index (χ0v) is 16.0. The van der Waals surface area contributed by atoms with E-state index < -0.39 is 0 Å². The lowest BCUT2D eigenvalue weighted by molar-refractivity contribution is 0.111. The minimum absolute atomic E-state index is 0.301. The lowest BCUT2D eigenvalue weighted by Crippen LogP contribution is -2.59. The van der Waals surface area contributed by atoms with Crippen molar-refractivity contribution in [1.82, 2.24) is 4.90 Å². The zero-order valence-electron chi connectivity index (χ0n) is 16.0. The maximum atomic E-state index is 5.54. The van der Waals surface area contributed by atoms with Gasteiger partial charge in [-0.3, -0.25) is 4.90 Å². The number of methoxy groups -OCH3 is 1. The van der Waals surface area contributed by atoms with Gasteiger partial charge in [0.15, 0.2) is 0 Å². The number of anilines is 1. The fourth-order valence-electron chi connectivity index (χ4n) is 3.95. The summed E-state index contributed by atoms with van der Waals surface area (Å²) in [7, 11) is 3.90. The van der Waals surface area contributed by atoms with E-state index in [1.54, 1.807) is 7.11 Å². The first-order chi connectivity index (χ1) is 13.3. The zero-order chi connectivity index (χ0) is 18.6. The molecule has 0 saturated carbocycles. The summed E-state index contributed by atoms with van der Waals surface area (Å²) in [6, 6.07) is 30.6. The van der Waals surface area contributed by atoms with Crippen LogP contribution in [0.2, 0.25) is 0 Å². The molecule has 0 radical (unpaired) electrons. The molecule has 0 atom stereocenters. The highest BCUT2D eigenvalue weighted by Gasteiger charge is 2.36. The predicted octanol–water partition coefficient (Wildman–Crippen LogP) is 4.61. The maximum absolute atomic E-state index is 5.54. The molecule has 3 nitrogen and oxygen atoms in total. The van der Waals surface area contributed by atoms with Crippen LogP contribution in [0, 0.1) is 0 Å². The van der Waals surface area contributed by atoms with Gasteiger partial charge in [-0.2, -0.15) is 0 Å². The molecule has 1 aliphatic heterocycles. The lowest BCUT2D eigenvalue weighted by Gasteiger charge is -2.49. The van der Waals surface area contributed by atoms with E-state index in [0.29, 0.717) is 12.1 Å². The fraction of sp³-hybridized carbons (Fsp3) is 0.250. The lowest BCUT2D eigenvalue weighted by atomic mass is 9.92. The molecule has 0 aliphatic carbocycles. The summed E-state index contributed by atoms with van der Waals surface area (Å²) in [5.74, 6) is 0.932. The van der Waals surface area contributed by atoms with Gasteiger partial charge in [0.1, 0.15) is 5.75 Å². The van der Waals surface area contributed by atoms with Crippen molar-refractivity contribution in [2.45, 2.75) is 12.1 Å². The van der Waals surface area contributed by atoms with Gasteiger partial charge in [-0.1, -0.05) is 72.8 Å². The molecule has 138 valence electrons. The smallest absolute Gasteiger partial charge is 0.142 e. The van der Waals surface area contributed by atoms with Gasteiger partial charge in [0.25, 0.3) is 0 Å². The van der Waals surface area contributed by atoms with Crippen LogP contribution < -0.4 is 9.64 Å². The quantitative estimate of drug-likeness (QED) is 0.640. The number of likely N-dealkylation sites (N-methyl/N-ethyl adjacent to an activating group) is 1. The highest BCUT2D eigenvalue weighted by molar-refractivity contribution is 5.59. The molecule has 0 bridgehead atoms. The van der Waals surface area contributed by atoms with Gasteiger partial charge in [-0.15, -0.1) is 0 Å². The summed E-state index contributed by atoms with van der Waals surface area (Å²) >= 11 is 0. The third kappa shape index (κ3) is 3.56. The van der Waals surface area contributed by atoms with Crippen molar-refractivity contribution in [1.29, 1.82) is 0 Å². The van der Waals surface area contributed by atoms with E-state index in [-0.39, 0.29) is 0 Å². The molecule has 0 spiro atoms. The summed E-state index contributed by atoms with van der Waals surface area (Å²) < 4.78 is 5.54.